The molecule has 3 N–H and O–H groups in total. The zero-order valence-electron chi connectivity index (χ0n) is 20.7. The van der Waals surface area contributed by atoms with Gasteiger partial charge >= 0.3 is 6.36 Å². The molecule has 0 atom stereocenters. The van der Waals surface area contributed by atoms with Crippen LogP contribution >= 0.6 is 0 Å². The van der Waals surface area contributed by atoms with E-state index >= 15 is 0 Å². The molecule has 0 saturated carbocycles. The van der Waals surface area contributed by atoms with E-state index in [1.165, 1.54) is 37.1 Å². The predicted octanol–water partition coefficient (Wildman–Crippen LogP) is 5.21. The lowest BCUT2D eigenvalue weighted by molar-refractivity contribution is -0.274. The van der Waals surface area contributed by atoms with E-state index in [1.807, 2.05) is 6.92 Å². The van der Waals surface area contributed by atoms with Crippen molar-refractivity contribution in [1.82, 2.24) is 15.2 Å². The van der Waals surface area contributed by atoms with E-state index in [1.54, 1.807) is 30.3 Å². The summed E-state index contributed by atoms with van der Waals surface area (Å²) in [6.07, 6.45) is -0.776. The zero-order valence-corrected chi connectivity index (χ0v) is 20.7. The highest BCUT2D eigenvalue weighted by atomic mass is 19.4. The summed E-state index contributed by atoms with van der Waals surface area (Å²) in [7, 11) is 0. The molecule has 1 fully saturated rings. The Kier molecular flexibility index (Phi) is 6.98. The number of benzene rings is 2. The fourth-order valence-corrected chi connectivity index (χ4v) is 4.95. The molecule has 2 aromatic carbocycles. The number of carbonyl (C=O) groups excluding carboxylic acids is 2. The van der Waals surface area contributed by atoms with Crippen LogP contribution in [0.2, 0.25) is 0 Å². The van der Waals surface area contributed by atoms with Crippen LogP contribution in [0.1, 0.15) is 40.2 Å². The van der Waals surface area contributed by atoms with Crippen LogP contribution < -0.4 is 15.4 Å². The third-order valence-electron chi connectivity index (χ3n) is 6.65. The van der Waals surface area contributed by atoms with Gasteiger partial charge in [-0.1, -0.05) is 24.3 Å². The quantitative estimate of drug-likeness (QED) is 0.371. The van der Waals surface area contributed by atoms with Gasteiger partial charge in [-0.3, -0.25) is 9.59 Å². The maximum absolute atomic E-state index is 13.0. The molecule has 0 radical (unpaired) electrons. The van der Waals surface area contributed by atoms with Gasteiger partial charge in [0, 0.05) is 30.0 Å². The molecule has 3 heterocycles. The number of H-pyrrole nitrogens is 1. The minimum absolute atomic E-state index is 0.229. The normalized spacial score (nSPS) is 16.5. The van der Waals surface area contributed by atoms with Gasteiger partial charge in [-0.25, -0.2) is 0 Å². The predicted molar refractivity (Wildman–Crippen MR) is 139 cm³/mol. The van der Waals surface area contributed by atoms with Gasteiger partial charge in [0.15, 0.2) is 0 Å². The maximum atomic E-state index is 13.0. The molecule has 7 nitrogen and oxygen atoms in total. The summed E-state index contributed by atoms with van der Waals surface area (Å²) in [5.41, 5.74) is 4.51. The number of likely N-dealkylation sites (tertiary alicyclic amines) is 1. The molecule has 0 spiro atoms. The number of alkyl halides is 3. The van der Waals surface area contributed by atoms with Gasteiger partial charge in [-0.2, -0.15) is 0 Å². The van der Waals surface area contributed by atoms with Crippen molar-refractivity contribution in [2.75, 3.05) is 31.5 Å². The smallest absolute Gasteiger partial charge is 0.406 e. The van der Waals surface area contributed by atoms with Crippen LogP contribution in [-0.2, 0) is 4.79 Å². The monoisotopic (exact) mass is 524 g/mol. The first kappa shape index (κ1) is 25.6. The molecule has 0 bridgehead atoms. The van der Waals surface area contributed by atoms with Crippen LogP contribution in [0, 0.1) is 6.92 Å². The van der Waals surface area contributed by atoms with Crippen molar-refractivity contribution in [3.63, 3.8) is 0 Å². The zero-order chi connectivity index (χ0) is 26.9. The van der Waals surface area contributed by atoms with E-state index in [0.29, 0.717) is 45.8 Å². The SMILES string of the molecule is Cc1cc(C(=O)NCCN2CCCC2)c(C=C2C(=O)Nc3cccc(-c4ccc(OC(F)(F)F)cc4)c32)[nH]1. The molecular weight excluding hydrogens is 497 g/mol. The molecule has 2 aliphatic rings. The highest BCUT2D eigenvalue weighted by molar-refractivity contribution is 6.36. The Bertz CT molecular complexity index is 1390. The van der Waals surface area contributed by atoms with Crippen LogP contribution in [0.15, 0.2) is 48.5 Å². The number of rotatable bonds is 7. The first-order valence-electron chi connectivity index (χ1n) is 12.4. The summed E-state index contributed by atoms with van der Waals surface area (Å²) >= 11 is 0. The highest BCUT2D eigenvalue weighted by Gasteiger charge is 2.31. The van der Waals surface area contributed by atoms with Crippen molar-refractivity contribution < 1.29 is 27.5 Å². The largest absolute Gasteiger partial charge is 0.573 e. The molecule has 0 unspecified atom stereocenters. The minimum Gasteiger partial charge on any atom is -0.406 e. The third-order valence-corrected chi connectivity index (χ3v) is 6.65. The standard InChI is InChI=1S/C28H27F3N4O3/c1-17-15-21(26(36)32-11-14-35-12-2-3-13-35)24(33-17)16-22-25-20(5-4-6-23(25)34-27(22)37)18-7-9-19(10-8-18)38-28(29,30)31/h4-10,15-16,33H,2-3,11-14H2,1H3,(H,32,36)(H,34,37). The number of nitrogens with zero attached hydrogens (tertiary/aromatic N) is 1. The lowest BCUT2D eigenvalue weighted by atomic mass is 9.94. The van der Waals surface area contributed by atoms with Crippen molar-refractivity contribution in [3.8, 4) is 16.9 Å². The summed E-state index contributed by atoms with van der Waals surface area (Å²) in [6, 6.07) is 12.5. The maximum Gasteiger partial charge on any atom is 0.573 e. The van der Waals surface area contributed by atoms with E-state index in [9.17, 15) is 22.8 Å². The minimum atomic E-state index is -4.78. The Morgan fingerprint density at radius 1 is 1.13 bits per heavy atom. The summed E-state index contributed by atoms with van der Waals surface area (Å²) in [4.78, 5) is 31.5. The van der Waals surface area contributed by atoms with Crippen molar-refractivity contribution in [2.24, 2.45) is 0 Å². The van der Waals surface area contributed by atoms with Crippen LogP contribution in [0.4, 0.5) is 18.9 Å². The number of nitrogens with one attached hydrogen (secondary N) is 3. The van der Waals surface area contributed by atoms with Gasteiger partial charge in [-0.05, 0) is 74.3 Å². The summed E-state index contributed by atoms with van der Waals surface area (Å²) < 4.78 is 41.7. The number of hydrogen-bond donors (Lipinski definition) is 3. The van der Waals surface area contributed by atoms with Crippen molar-refractivity contribution >= 4 is 29.2 Å². The average molecular weight is 525 g/mol. The number of fused-ring (bicyclic) bond motifs is 1. The number of ether oxygens (including phenoxy) is 1. The fourth-order valence-electron chi connectivity index (χ4n) is 4.95. The van der Waals surface area contributed by atoms with Crippen LogP contribution in [0.25, 0.3) is 22.8 Å². The van der Waals surface area contributed by atoms with E-state index < -0.39 is 6.36 Å². The van der Waals surface area contributed by atoms with Gasteiger partial charge in [0.25, 0.3) is 11.8 Å². The third kappa shape index (κ3) is 5.60. The molecule has 3 aromatic rings. The van der Waals surface area contributed by atoms with E-state index in [4.69, 9.17) is 0 Å². The number of anilines is 1. The average Bonchev–Trinajstić information content (AvgIpc) is 3.58. The van der Waals surface area contributed by atoms with Crippen molar-refractivity contribution in [2.45, 2.75) is 26.1 Å². The molecule has 38 heavy (non-hydrogen) atoms. The lowest BCUT2D eigenvalue weighted by Crippen LogP contribution is -2.33. The second kappa shape index (κ2) is 10.4. The van der Waals surface area contributed by atoms with Gasteiger partial charge in [-0.15, -0.1) is 13.2 Å². The second-order valence-corrected chi connectivity index (χ2v) is 9.40. The highest BCUT2D eigenvalue weighted by Crippen LogP contribution is 2.41. The Hall–Kier alpha value is -4.05. The van der Waals surface area contributed by atoms with Crippen LogP contribution in [-0.4, -0.2) is 54.2 Å². The molecule has 0 aliphatic carbocycles. The number of amides is 2. The van der Waals surface area contributed by atoms with Gasteiger partial charge in [0.1, 0.15) is 5.75 Å². The van der Waals surface area contributed by atoms with E-state index in [2.05, 4.69) is 25.3 Å². The molecule has 2 aliphatic heterocycles. The molecule has 10 heteroatoms. The van der Waals surface area contributed by atoms with E-state index in [0.717, 1.165) is 25.3 Å². The molecule has 2 amide bonds. The van der Waals surface area contributed by atoms with Gasteiger partial charge in [0.05, 0.1) is 16.8 Å². The fraction of sp³-hybridized carbons (Fsp3) is 0.286. The Labute approximate surface area is 217 Å². The van der Waals surface area contributed by atoms with Gasteiger partial charge < -0.3 is 25.3 Å². The second-order valence-electron chi connectivity index (χ2n) is 9.40. The molecular formula is C28H27F3N4O3. The first-order valence-corrected chi connectivity index (χ1v) is 12.4. The van der Waals surface area contributed by atoms with Gasteiger partial charge in [0.2, 0.25) is 0 Å². The molecule has 198 valence electrons. The molecule has 5 rings (SSSR count). The summed E-state index contributed by atoms with van der Waals surface area (Å²) in [6.45, 7) is 5.25. The first-order chi connectivity index (χ1) is 18.2. The van der Waals surface area contributed by atoms with Crippen LogP contribution in [0.3, 0.4) is 0 Å². The topological polar surface area (TPSA) is 86.5 Å². The molecule has 1 saturated heterocycles. The van der Waals surface area contributed by atoms with Crippen LogP contribution in [0.5, 0.6) is 5.75 Å². The van der Waals surface area contributed by atoms with Crippen molar-refractivity contribution in [3.05, 3.63) is 71.0 Å². The number of hydrogen-bond acceptors (Lipinski definition) is 4. The Morgan fingerprint density at radius 3 is 2.58 bits per heavy atom. The number of carbonyl (C=O) groups is 2. The lowest BCUT2D eigenvalue weighted by Gasteiger charge is -2.14. The summed E-state index contributed by atoms with van der Waals surface area (Å²) in [5, 5.41) is 5.81. The van der Waals surface area contributed by atoms with Crippen molar-refractivity contribution in [1.29, 1.82) is 0 Å². The number of aromatic amines is 1. The van der Waals surface area contributed by atoms with E-state index in [-0.39, 0.29) is 17.6 Å². The number of halogens is 3. The molecule has 1 aromatic heterocycles. The Balaban J connectivity index is 1.43. The summed E-state index contributed by atoms with van der Waals surface area (Å²) in [5.74, 6) is -0.897. The number of aryl methyl sites for hydroxylation is 1. The number of aromatic nitrogens is 1. The Morgan fingerprint density at radius 2 is 1.87 bits per heavy atom.